The Bertz CT molecular complexity index is 1650. The Kier molecular flexibility index (Phi) is 17.1. The van der Waals surface area contributed by atoms with E-state index in [1.54, 1.807) is 13.8 Å². The molecule has 60 heavy (non-hydrogen) atoms. The van der Waals surface area contributed by atoms with Gasteiger partial charge < -0.3 is 61.7 Å². The first-order chi connectivity index (χ1) is 28.4. The second-order valence-corrected chi connectivity index (χ2v) is 16.1. The third kappa shape index (κ3) is 12.3. The normalized spacial score (nSPS) is 23.4. The molecule has 8 atom stereocenters. The molecule has 0 unspecified atom stereocenters. The maximum atomic E-state index is 14.0. The molecule has 0 bridgehead atoms. The van der Waals surface area contributed by atoms with E-state index in [4.69, 9.17) is 0 Å². The Morgan fingerprint density at radius 2 is 1.10 bits per heavy atom. The van der Waals surface area contributed by atoms with Crippen molar-refractivity contribution in [2.24, 2.45) is 5.92 Å². The molecule has 4 aliphatic rings. The molecule has 0 saturated carbocycles. The lowest BCUT2D eigenvalue weighted by Gasteiger charge is -2.32. The summed E-state index contributed by atoms with van der Waals surface area (Å²) in [7, 11) is 0. The van der Waals surface area contributed by atoms with Crippen molar-refractivity contribution >= 4 is 59.3 Å². The molecule has 0 spiro atoms. The van der Waals surface area contributed by atoms with Gasteiger partial charge in [0.25, 0.3) is 0 Å². The summed E-state index contributed by atoms with van der Waals surface area (Å²) in [5, 5.41) is 51.7. The van der Waals surface area contributed by atoms with E-state index in [0.29, 0.717) is 32.2 Å². The highest BCUT2D eigenvalue weighted by Gasteiger charge is 2.44. The molecule has 22 nitrogen and oxygen atoms in total. The van der Waals surface area contributed by atoms with Crippen molar-refractivity contribution in [3.8, 4) is 0 Å². The number of aliphatic carboxylic acids is 3. The summed E-state index contributed by atoms with van der Waals surface area (Å²) in [5.74, 6) is -9.47. The number of carbonyl (C=O) groups is 10. The molecule has 4 saturated heterocycles. The van der Waals surface area contributed by atoms with Crippen LogP contribution in [0.3, 0.4) is 0 Å². The van der Waals surface area contributed by atoms with Crippen molar-refractivity contribution in [2.75, 3.05) is 32.8 Å². The third-order valence-electron chi connectivity index (χ3n) is 11.3. The SMILES string of the molecule is CC(C)C[C@H](NC(=O)[C@@H]1CCCN1C(=O)[C@H](CC(=O)O)NC(=O)[C@@H]1CCCN1C(=O)[C@H](CO)NC(=O)[C@@H]1CCCN1)C(=O)N[C@@H](CCC(=O)O)C(=O)N1CCC[C@H]1C(=O)O. The molecule has 0 aromatic rings. The average Bonchev–Trinajstić information content (AvgIpc) is 4.03. The van der Waals surface area contributed by atoms with Gasteiger partial charge in [-0.05, 0) is 76.7 Å². The van der Waals surface area contributed by atoms with Gasteiger partial charge in [-0.1, -0.05) is 13.8 Å². The zero-order valence-corrected chi connectivity index (χ0v) is 33.9. The van der Waals surface area contributed by atoms with E-state index >= 15 is 0 Å². The van der Waals surface area contributed by atoms with Crippen LogP contribution in [0.2, 0.25) is 0 Å². The van der Waals surface area contributed by atoms with Gasteiger partial charge >= 0.3 is 17.9 Å². The van der Waals surface area contributed by atoms with Crippen molar-refractivity contribution in [3.63, 3.8) is 0 Å². The number of hydrogen-bond donors (Lipinski definition) is 9. The lowest BCUT2D eigenvalue weighted by atomic mass is 10.0. The van der Waals surface area contributed by atoms with Crippen LogP contribution in [0.15, 0.2) is 0 Å². The molecule has 4 fully saturated rings. The number of aliphatic hydroxyl groups excluding tert-OH is 1. The summed E-state index contributed by atoms with van der Waals surface area (Å²) in [6.45, 7) is 3.59. The molecule has 9 N–H and O–H groups in total. The van der Waals surface area contributed by atoms with E-state index in [1.807, 2.05) is 0 Å². The van der Waals surface area contributed by atoms with Crippen LogP contribution >= 0.6 is 0 Å². The van der Waals surface area contributed by atoms with Gasteiger partial charge in [-0.25, -0.2) is 4.79 Å². The molecule has 4 aliphatic heterocycles. The highest BCUT2D eigenvalue weighted by atomic mass is 16.4. The van der Waals surface area contributed by atoms with Gasteiger partial charge in [0, 0.05) is 26.1 Å². The quantitative estimate of drug-likeness (QED) is 0.0594. The fourth-order valence-electron chi connectivity index (χ4n) is 8.27. The number of carboxylic acid groups (broad SMARTS) is 3. The predicted octanol–water partition coefficient (Wildman–Crippen LogP) is -2.89. The molecule has 7 amide bonds. The molecule has 0 aliphatic carbocycles. The van der Waals surface area contributed by atoms with E-state index in [2.05, 4.69) is 26.6 Å². The minimum atomic E-state index is -1.67. The lowest BCUT2D eigenvalue weighted by molar-refractivity contribution is -0.150. The maximum absolute atomic E-state index is 14.0. The molecule has 0 radical (unpaired) electrons. The van der Waals surface area contributed by atoms with E-state index in [1.165, 1.54) is 4.90 Å². The first kappa shape index (κ1) is 47.3. The van der Waals surface area contributed by atoms with Crippen LogP contribution in [0.5, 0.6) is 0 Å². The highest BCUT2D eigenvalue weighted by Crippen LogP contribution is 2.24. The van der Waals surface area contributed by atoms with Crippen LogP contribution in [-0.2, 0) is 47.9 Å². The molecule has 0 aromatic heterocycles. The molecule has 22 heteroatoms. The minimum absolute atomic E-state index is 0.00192. The highest BCUT2D eigenvalue weighted by molar-refractivity contribution is 5.99. The van der Waals surface area contributed by atoms with Crippen LogP contribution in [0.25, 0.3) is 0 Å². The van der Waals surface area contributed by atoms with Crippen LogP contribution in [0.4, 0.5) is 0 Å². The van der Waals surface area contributed by atoms with Gasteiger partial charge in [-0.3, -0.25) is 43.2 Å². The van der Waals surface area contributed by atoms with Gasteiger partial charge in [0.15, 0.2) is 0 Å². The zero-order chi connectivity index (χ0) is 44.3. The summed E-state index contributed by atoms with van der Waals surface area (Å²) in [6, 6.07) is -9.76. The predicted molar refractivity (Wildman–Crippen MR) is 206 cm³/mol. The van der Waals surface area contributed by atoms with E-state index in [9.17, 15) is 68.4 Å². The first-order valence-corrected chi connectivity index (χ1v) is 20.6. The van der Waals surface area contributed by atoms with Crippen LogP contribution < -0.4 is 26.6 Å². The molecular formula is C38H58N8O14. The maximum Gasteiger partial charge on any atom is 0.326 e. The number of hydrogen-bond acceptors (Lipinski definition) is 12. The first-order valence-electron chi connectivity index (χ1n) is 20.6. The summed E-state index contributed by atoms with van der Waals surface area (Å²) < 4.78 is 0. The van der Waals surface area contributed by atoms with Crippen molar-refractivity contribution in [1.82, 2.24) is 41.3 Å². The minimum Gasteiger partial charge on any atom is -0.481 e. The number of carboxylic acids is 3. The standard InChI is InChI=1S/C38H58N8O14/c1-20(2)17-23(32(53)40-22(11-12-29(48)49)35(56)46-16-6-10-28(46)38(59)60)41-33(54)26-8-4-14-44(26)36(57)24(18-30(50)51)42-34(55)27-9-5-15-45(27)37(58)25(19-47)43-31(52)21-7-3-13-39-21/h20-28,39,47H,3-19H2,1-2H3,(H,40,53)(H,41,54)(H,42,55)(H,43,52)(H,48,49)(H,50,51)(H,59,60)/t21-,22-,23-,24-,25-,26-,27-,28-/m0/s1. The number of aliphatic hydroxyl groups is 1. The number of nitrogens with one attached hydrogen (secondary N) is 5. The summed E-state index contributed by atoms with van der Waals surface area (Å²) in [6.07, 6.45) is 1.13. The van der Waals surface area contributed by atoms with E-state index < -0.39 is 127 Å². The largest absolute Gasteiger partial charge is 0.481 e. The van der Waals surface area contributed by atoms with Crippen LogP contribution in [-0.4, -0.2) is 176 Å². The number of amides is 7. The second kappa shape index (κ2) is 21.7. The monoisotopic (exact) mass is 850 g/mol. The lowest BCUT2D eigenvalue weighted by Crippen LogP contribution is -2.60. The van der Waals surface area contributed by atoms with Gasteiger partial charge in [0.05, 0.1) is 19.1 Å². The smallest absolute Gasteiger partial charge is 0.326 e. The topological polar surface area (TPSA) is 321 Å². The van der Waals surface area contributed by atoms with Gasteiger partial charge in [0.1, 0.15) is 42.3 Å². The number of carbonyl (C=O) groups excluding carboxylic acids is 7. The molecule has 334 valence electrons. The van der Waals surface area contributed by atoms with E-state index in [0.717, 1.165) is 16.2 Å². The Hall–Kier alpha value is -5.38. The average molecular weight is 851 g/mol. The van der Waals surface area contributed by atoms with Gasteiger partial charge in [0.2, 0.25) is 41.4 Å². The van der Waals surface area contributed by atoms with Crippen molar-refractivity contribution in [3.05, 3.63) is 0 Å². The Balaban J connectivity index is 1.45. The number of likely N-dealkylation sites (tertiary alicyclic amines) is 3. The number of nitrogens with zero attached hydrogens (tertiary/aromatic N) is 3. The Labute approximate surface area is 346 Å². The Morgan fingerprint density at radius 1 is 0.600 bits per heavy atom. The van der Waals surface area contributed by atoms with Crippen LogP contribution in [0.1, 0.15) is 90.9 Å². The molecular weight excluding hydrogens is 792 g/mol. The fraction of sp³-hybridized carbons (Fsp3) is 0.737. The summed E-state index contributed by atoms with van der Waals surface area (Å²) in [4.78, 5) is 133. The van der Waals surface area contributed by atoms with Gasteiger partial charge in [-0.15, -0.1) is 0 Å². The molecule has 0 aromatic carbocycles. The summed E-state index contributed by atoms with van der Waals surface area (Å²) in [5.41, 5.74) is 0. The van der Waals surface area contributed by atoms with Crippen molar-refractivity contribution < 1.29 is 68.4 Å². The second-order valence-electron chi connectivity index (χ2n) is 16.1. The van der Waals surface area contributed by atoms with Gasteiger partial charge in [-0.2, -0.15) is 0 Å². The Morgan fingerprint density at radius 3 is 1.58 bits per heavy atom. The van der Waals surface area contributed by atoms with Crippen molar-refractivity contribution in [2.45, 2.75) is 139 Å². The fourth-order valence-corrected chi connectivity index (χ4v) is 8.27. The van der Waals surface area contributed by atoms with E-state index in [-0.39, 0.29) is 57.7 Å². The zero-order valence-electron chi connectivity index (χ0n) is 33.9. The summed E-state index contributed by atoms with van der Waals surface area (Å²) >= 11 is 0. The molecule has 4 heterocycles. The van der Waals surface area contributed by atoms with Crippen molar-refractivity contribution in [1.29, 1.82) is 0 Å². The van der Waals surface area contributed by atoms with Crippen LogP contribution in [0, 0.1) is 5.92 Å². The number of rotatable bonds is 20. The third-order valence-corrected chi connectivity index (χ3v) is 11.3. The molecule has 4 rings (SSSR count).